The zero-order valence-corrected chi connectivity index (χ0v) is 15.5. The molecule has 0 radical (unpaired) electrons. The van der Waals surface area contributed by atoms with Crippen molar-refractivity contribution in [2.24, 2.45) is 0 Å². The van der Waals surface area contributed by atoms with Crippen LogP contribution in [0.5, 0.6) is 5.75 Å². The summed E-state index contributed by atoms with van der Waals surface area (Å²) in [4.78, 5) is 12.2. The fourth-order valence-corrected chi connectivity index (χ4v) is 3.25. The van der Waals surface area contributed by atoms with Gasteiger partial charge in [-0.3, -0.25) is 4.79 Å². The number of methoxy groups -OCH3 is 2. The summed E-state index contributed by atoms with van der Waals surface area (Å²) in [5.74, 6) is 0.311. The Kier molecular flexibility index (Phi) is 7.14. The third-order valence-electron chi connectivity index (χ3n) is 3.60. The van der Waals surface area contributed by atoms with E-state index in [-0.39, 0.29) is 23.9 Å². The maximum atomic E-state index is 12.2. The predicted molar refractivity (Wildman–Crippen MR) is 97.7 cm³/mol. The highest BCUT2D eigenvalue weighted by Crippen LogP contribution is 2.15. The van der Waals surface area contributed by atoms with E-state index in [1.54, 1.807) is 31.4 Å². The lowest BCUT2D eigenvalue weighted by molar-refractivity contribution is 0.0954. The average molecular weight is 378 g/mol. The molecular formula is C18H22N2O5S. The van der Waals surface area contributed by atoms with Crippen LogP contribution < -0.4 is 14.8 Å². The molecule has 0 saturated heterocycles. The quantitative estimate of drug-likeness (QED) is 0.646. The molecule has 0 aliphatic rings. The van der Waals surface area contributed by atoms with Gasteiger partial charge in [0.1, 0.15) is 5.75 Å². The van der Waals surface area contributed by atoms with E-state index in [0.29, 0.717) is 17.9 Å². The van der Waals surface area contributed by atoms with Crippen LogP contribution in [0.4, 0.5) is 0 Å². The van der Waals surface area contributed by atoms with Crippen LogP contribution in [-0.2, 0) is 21.4 Å². The summed E-state index contributed by atoms with van der Waals surface area (Å²) in [6, 6.07) is 13.1. The molecule has 0 unspecified atom stereocenters. The smallest absolute Gasteiger partial charge is 0.251 e. The van der Waals surface area contributed by atoms with E-state index < -0.39 is 10.0 Å². The Morgan fingerprint density at radius 3 is 2.19 bits per heavy atom. The van der Waals surface area contributed by atoms with Crippen LogP contribution in [0, 0.1) is 0 Å². The Morgan fingerprint density at radius 2 is 1.62 bits per heavy atom. The molecule has 2 aromatic carbocycles. The van der Waals surface area contributed by atoms with Gasteiger partial charge in [0.15, 0.2) is 0 Å². The SMILES string of the molecule is COCc1ccc(C(=O)NCCNS(=O)(=O)c2ccc(OC)cc2)cc1. The maximum absolute atomic E-state index is 12.2. The van der Waals surface area contributed by atoms with Crippen molar-refractivity contribution >= 4 is 15.9 Å². The van der Waals surface area contributed by atoms with Crippen molar-refractivity contribution in [1.82, 2.24) is 10.0 Å². The molecule has 0 fully saturated rings. The van der Waals surface area contributed by atoms with Crippen molar-refractivity contribution in [3.63, 3.8) is 0 Å². The topological polar surface area (TPSA) is 93.7 Å². The molecule has 0 heterocycles. The van der Waals surface area contributed by atoms with Crippen LogP contribution >= 0.6 is 0 Å². The highest BCUT2D eigenvalue weighted by Gasteiger charge is 2.13. The first-order valence-electron chi connectivity index (χ1n) is 7.96. The molecule has 26 heavy (non-hydrogen) atoms. The summed E-state index contributed by atoms with van der Waals surface area (Å²) in [6.45, 7) is 0.741. The van der Waals surface area contributed by atoms with Crippen molar-refractivity contribution in [2.45, 2.75) is 11.5 Å². The molecule has 0 saturated carbocycles. The molecule has 0 bridgehead atoms. The van der Waals surface area contributed by atoms with Gasteiger partial charge in [0.25, 0.3) is 5.91 Å². The van der Waals surface area contributed by atoms with Gasteiger partial charge in [-0.2, -0.15) is 0 Å². The highest BCUT2D eigenvalue weighted by molar-refractivity contribution is 7.89. The first-order valence-corrected chi connectivity index (χ1v) is 9.44. The van der Waals surface area contributed by atoms with E-state index in [4.69, 9.17) is 9.47 Å². The fourth-order valence-electron chi connectivity index (χ4n) is 2.22. The van der Waals surface area contributed by atoms with Crippen molar-refractivity contribution in [1.29, 1.82) is 0 Å². The lowest BCUT2D eigenvalue weighted by atomic mass is 10.1. The Labute approximate surface area is 153 Å². The molecule has 0 spiro atoms. The normalized spacial score (nSPS) is 11.2. The molecule has 7 nitrogen and oxygen atoms in total. The second-order valence-corrected chi connectivity index (χ2v) is 7.23. The van der Waals surface area contributed by atoms with Gasteiger partial charge in [-0.1, -0.05) is 12.1 Å². The van der Waals surface area contributed by atoms with Gasteiger partial charge in [-0.25, -0.2) is 13.1 Å². The molecule has 8 heteroatoms. The van der Waals surface area contributed by atoms with Crippen LogP contribution in [0.15, 0.2) is 53.4 Å². The van der Waals surface area contributed by atoms with E-state index in [0.717, 1.165) is 5.56 Å². The number of hydrogen-bond acceptors (Lipinski definition) is 5. The minimum absolute atomic E-state index is 0.0852. The van der Waals surface area contributed by atoms with Crippen LogP contribution in [0.25, 0.3) is 0 Å². The monoisotopic (exact) mass is 378 g/mol. The number of rotatable bonds is 9. The summed E-state index contributed by atoms with van der Waals surface area (Å²) < 4.78 is 36.8. The van der Waals surface area contributed by atoms with Gasteiger partial charge in [-0.05, 0) is 42.0 Å². The number of benzene rings is 2. The second kappa shape index (κ2) is 9.33. The minimum atomic E-state index is -3.63. The third-order valence-corrected chi connectivity index (χ3v) is 5.08. The lowest BCUT2D eigenvalue weighted by Crippen LogP contribution is -2.34. The summed E-state index contributed by atoms with van der Waals surface area (Å²) >= 11 is 0. The van der Waals surface area contributed by atoms with Gasteiger partial charge >= 0.3 is 0 Å². The van der Waals surface area contributed by atoms with E-state index in [2.05, 4.69) is 10.0 Å². The van der Waals surface area contributed by atoms with E-state index in [9.17, 15) is 13.2 Å². The molecule has 2 N–H and O–H groups in total. The first kappa shape index (κ1) is 19.9. The van der Waals surface area contributed by atoms with Gasteiger partial charge in [0, 0.05) is 25.8 Å². The number of ether oxygens (including phenoxy) is 2. The largest absolute Gasteiger partial charge is 0.497 e. The van der Waals surface area contributed by atoms with Crippen molar-refractivity contribution in [3.05, 3.63) is 59.7 Å². The Balaban J connectivity index is 1.82. The van der Waals surface area contributed by atoms with Crippen LogP contribution in [0.2, 0.25) is 0 Å². The molecule has 2 rings (SSSR count). The lowest BCUT2D eigenvalue weighted by Gasteiger charge is -2.09. The van der Waals surface area contributed by atoms with Crippen molar-refractivity contribution < 1.29 is 22.7 Å². The summed E-state index contributed by atoms with van der Waals surface area (Å²) in [5.41, 5.74) is 1.47. The summed E-state index contributed by atoms with van der Waals surface area (Å²) in [6.07, 6.45) is 0. The zero-order chi connectivity index (χ0) is 19.0. The molecule has 140 valence electrons. The zero-order valence-electron chi connectivity index (χ0n) is 14.7. The molecule has 2 aromatic rings. The summed E-state index contributed by atoms with van der Waals surface area (Å²) in [7, 11) is -0.516. The van der Waals surface area contributed by atoms with E-state index in [1.165, 1.54) is 19.2 Å². The molecule has 0 aromatic heterocycles. The molecule has 0 aliphatic carbocycles. The minimum Gasteiger partial charge on any atom is -0.497 e. The van der Waals surface area contributed by atoms with Crippen molar-refractivity contribution in [2.75, 3.05) is 27.3 Å². The fraction of sp³-hybridized carbons (Fsp3) is 0.278. The van der Waals surface area contributed by atoms with E-state index in [1.807, 2.05) is 12.1 Å². The Hall–Kier alpha value is -2.42. The maximum Gasteiger partial charge on any atom is 0.251 e. The number of amides is 1. The predicted octanol–water partition coefficient (Wildman–Crippen LogP) is 1.55. The third kappa shape index (κ3) is 5.55. The number of carbonyl (C=O) groups is 1. The number of hydrogen-bond donors (Lipinski definition) is 2. The Bertz CT molecular complexity index is 818. The van der Waals surface area contributed by atoms with Crippen molar-refractivity contribution in [3.8, 4) is 5.75 Å². The van der Waals surface area contributed by atoms with Crippen LogP contribution in [0.3, 0.4) is 0 Å². The van der Waals surface area contributed by atoms with E-state index >= 15 is 0 Å². The standard InChI is InChI=1S/C18H22N2O5S/c1-24-13-14-3-5-15(6-4-14)18(21)19-11-12-20-26(22,23)17-9-7-16(25-2)8-10-17/h3-10,20H,11-13H2,1-2H3,(H,19,21). The van der Waals surface area contributed by atoms with Gasteiger partial charge in [-0.15, -0.1) is 0 Å². The first-order chi connectivity index (χ1) is 12.5. The summed E-state index contributed by atoms with van der Waals surface area (Å²) in [5, 5.41) is 2.68. The van der Waals surface area contributed by atoms with Gasteiger partial charge in [0.05, 0.1) is 18.6 Å². The molecular weight excluding hydrogens is 356 g/mol. The number of sulfonamides is 1. The number of carbonyl (C=O) groups excluding carboxylic acids is 1. The Morgan fingerprint density at radius 1 is 0.962 bits per heavy atom. The van der Waals surface area contributed by atoms with Gasteiger partial charge in [0.2, 0.25) is 10.0 Å². The van der Waals surface area contributed by atoms with Crippen LogP contribution in [-0.4, -0.2) is 41.6 Å². The number of nitrogens with one attached hydrogen (secondary N) is 2. The average Bonchev–Trinajstić information content (AvgIpc) is 2.66. The molecule has 0 atom stereocenters. The van der Waals surface area contributed by atoms with Gasteiger partial charge < -0.3 is 14.8 Å². The highest BCUT2D eigenvalue weighted by atomic mass is 32.2. The molecule has 0 aliphatic heterocycles. The van der Waals surface area contributed by atoms with Crippen LogP contribution in [0.1, 0.15) is 15.9 Å². The molecule has 1 amide bonds. The second-order valence-electron chi connectivity index (χ2n) is 5.46.